The van der Waals surface area contributed by atoms with E-state index in [0.717, 1.165) is 0 Å². The van der Waals surface area contributed by atoms with Crippen molar-refractivity contribution in [3.63, 3.8) is 0 Å². The third-order valence-corrected chi connectivity index (χ3v) is 6.81. The van der Waals surface area contributed by atoms with Crippen molar-refractivity contribution in [3.8, 4) is 17.1 Å². The predicted molar refractivity (Wildman–Crippen MR) is 131 cm³/mol. The van der Waals surface area contributed by atoms with Crippen LogP contribution in [0.1, 0.15) is 6.92 Å². The van der Waals surface area contributed by atoms with E-state index in [1.807, 2.05) is 0 Å². The minimum absolute atomic E-state index is 0.112. The van der Waals surface area contributed by atoms with Gasteiger partial charge >= 0.3 is 7.60 Å². The predicted octanol–water partition coefficient (Wildman–Crippen LogP) is 3.41. The molecule has 4 rings (SSSR count). The van der Waals surface area contributed by atoms with Gasteiger partial charge in [0.25, 0.3) is 5.56 Å². The summed E-state index contributed by atoms with van der Waals surface area (Å²) in [5.41, 5.74) is 0.836. The van der Waals surface area contributed by atoms with Crippen molar-refractivity contribution in [1.29, 1.82) is 0 Å². The topological polar surface area (TPSA) is 131 Å². The summed E-state index contributed by atoms with van der Waals surface area (Å²) in [5, 5.41) is 3.58. The number of benzene rings is 2. The van der Waals surface area contributed by atoms with Crippen molar-refractivity contribution in [2.45, 2.75) is 13.5 Å². The molecule has 0 amide bonds. The van der Waals surface area contributed by atoms with Crippen LogP contribution in [-0.2, 0) is 15.6 Å². The van der Waals surface area contributed by atoms with E-state index >= 15 is 0 Å². The summed E-state index contributed by atoms with van der Waals surface area (Å²) in [7, 11) is -2.26. The first kappa shape index (κ1) is 24.0. The summed E-state index contributed by atoms with van der Waals surface area (Å²) >= 11 is 5.92. The van der Waals surface area contributed by atoms with Crippen LogP contribution in [0.2, 0.25) is 5.02 Å². The van der Waals surface area contributed by atoms with Gasteiger partial charge in [0.2, 0.25) is 5.95 Å². The molecule has 0 saturated heterocycles. The molecule has 0 aliphatic rings. The molecule has 0 saturated carbocycles. The number of rotatable bonds is 9. The number of aromatic amines is 1. The van der Waals surface area contributed by atoms with Gasteiger partial charge in [0, 0.05) is 17.6 Å². The first-order chi connectivity index (χ1) is 16.3. The summed E-state index contributed by atoms with van der Waals surface area (Å²) in [6, 6.07) is 13.3. The summed E-state index contributed by atoms with van der Waals surface area (Å²) in [5.74, 6) is 1.40. The number of halogens is 1. The lowest BCUT2D eigenvalue weighted by molar-refractivity contribution is 0.284. The van der Waals surface area contributed by atoms with Crippen LogP contribution in [0.15, 0.2) is 53.3 Å². The van der Waals surface area contributed by atoms with Gasteiger partial charge in [-0.15, -0.1) is 0 Å². The number of fused-ring (bicyclic) bond motifs is 1. The summed E-state index contributed by atoms with van der Waals surface area (Å²) in [6.45, 7) is 2.32. The minimum atomic E-state index is -3.90. The van der Waals surface area contributed by atoms with Gasteiger partial charge in [0.1, 0.15) is 18.2 Å². The molecule has 0 fully saturated rings. The molecule has 2 aromatic carbocycles. The fraction of sp³-hybridized carbons (Fsp3) is 0.227. The van der Waals surface area contributed by atoms with Gasteiger partial charge in [0.05, 0.1) is 18.5 Å². The second-order valence-electron chi connectivity index (χ2n) is 7.21. The molecule has 0 radical (unpaired) electrons. The van der Waals surface area contributed by atoms with Crippen molar-refractivity contribution in [2.75, 3.05) is 25.6 Å². The largest absolute Gasteiger partial charge is 0.492 e. The standard InChI is InChI=1S/C22H23ClN5O5P/c1-3-33-34(30,31)17-10-4-14(5-11-17)20-25-19-18(21(29)27-22(24-2)26-19)28(20)12-13-32-16-8-6-15(23)7-9-16/h4-11H,3,12-13H2,1-2H3,(H,30,31)(H2,24,26,27,29). The summed E-state index contributed by atoms with van der Waals surface area (Å²) < 4.78 is 24.8. The van der Waals surface area contributed by atoms with E-state index in [1.54, 1.807) is 54.9 Å². The molecule has 178 valence electrons. The molecule has 1 unspecified atom stereocenters. The molecular formula is C22H23ClN5O5P. The maximum Gasteiger partial charge on any atom is 0.358 e. The van der Waals surface area contributed by atoms with Crippen molar-refractivity contribution in [2.24, 2.45) is 0 Å². The zero-order valence-corrected chi connectivity index (χ0v) is 20.1. The number of imidazole rings is 1. The quantitative estimate of drug-likeness (QED) is 0.296. The summed E-state index contributed by atoms with van der Waals surface area (Å²) in [6.07, 6.45) is 0. The van der Waals surface area contributed by atoms with E-state index < -0.39 is 7.60 Å². The molecule has 3 N–H and O–H groups in total. The Balaban J connectivity index is 1.71. The lowest BCUT2D eigenvalue weighted by atomic mass is 10.2. The van der Waals surface area contributed by atoms with Gasteiger partial charge in [-0.1, -0.05) is 23.7 Å². The Bertz CT molecular complexity index is 1400. The van der Waals surface area contributed by atoms with Crippen molar-refractivity contribution >= 4 is 41.6 Å². The Morgan fingerprint density at radius 3 is 2.50 bits per heavy atom. The highest BCUT2D eigenvalue weighted by Gasteiger charge is 2.23. The number of nitrogens with one attached hydrogen (secondary N) is 2. The van der Waals surface area contributed by atoms with Gasteiger partial charge < -0.3 is 24.0 Å². The van der Waals surface area contributed by atoms with Crippen molar-refractivity contribution < 1.29 is 18.7 Å². The van der Waals surface area contributed by atoms with Crippen molar-refractivity contribution in [3.05, 3.63) is 63.9 Å². The summed E-state index contributed by atoms with van der Waals surface area (Å²) in [4.78, 5) is 34.5. The van der Waals surface area contributed by atoms with E-state index in [4.69, 9.17) is 20.9 Å². The molecule has 0 aliphatic carbocycles. The molecule has 2 aromatic heterocycles. The van der Waals surface area contributed by atoms with Crippen LogP contribution in [0.25, 0.3) is 22.6 Å². The molecule has 0 spiro atoms. The zero-order chi connectivity index (χ0) is 24.3. The molecule has 0 bridgehead atoms. The van der Waals surface area contributed by atoms with Gasteiger partial charge in [-0.25, -0.2) is 4.98 Å². The molecule has 34 heavy (non-hydrogen) atoms. The first-order valence-electron chi connectivity index (χ1n) is 10.5. The monoisotopic (exact) mass is 503 g/mol. The van der Waals surface area contributed by atoms with Crippen LogP contribution in [0, 0.1) is 0 Å². The maximum absolute atomic E-state index is 12.8. The van der Waals surface area contributed by atoms with Gasteiger partial charge in [-0.3, -0.25) is 14.3 Å². The average molecular weight is 504 g/mol. The fourth-order valence-electron chi connectivity index (χ4n) is 3.43. The molecule has 12 heteroatoms. The highest BCUT2D eigenvalue weighted by Crippen LogP contribution is 2.40. The van der Waals surface area contributed by atoms with Crippen LogP contribution in [-0.4, -0.2) is 44.7 Å². The van der Waals surface area contributed by atoms with E-state index in [2.05, 4.69) is 20.3 Å². The van der Waals surface area contributed by atoms with Crippen LogP contribution in [0.4, 0.5) is 5.95 Å². The fourth-order valence-corrected chi connectivity index (χ4v) is 4.58. The third kappa shape index (κ3) is 5.00. The van der Waals surface area contributed by atoms with Crippen molar-refractivity contribution in [1.82, 2.24) is 19.5 Å². The van der Waals surface area contributed by atoms with Crippen LogP contribution < -0.4 is 20.9 Å². The number of ether oxygens (including phenoxy) is 1. The molecule has 2 heterocycles. The number of H-pyrrole nitrogens is 1. The number of nitrogens with zero attached hydrogens (tertiary/aromatic N) is 3. The molecule has 10 nitrogen and oxygen atoms in total. The molecular weight excluding hydrogens is 481 g/mol. The van der Waals surface area contributed by atoms with E-state index in [0.29, 0.717) is 40.2 Å². The smallest absolute Gasteiger partial charge is 0.358 e. The average Bonchev–Trinajstić information content (AvgIpc) is 3.19. The number of anilines is 1. The minimum Gasteiger partial charge on any atom is -0.492 e. The van der Waals surface area contributed by atoms with Crippen LogP contribution in [0.3, 0.4) is 0 Å². The lowest BCUT2D eigenvalue weighted by Crippen LogP contribution is -2.17. The molecule has 1 atom stereocenters. The number of hydrogen-bond donors (Lipinski definition) is 3. The molecule has 0 aliphatic heterocycles. The van der Waals surface area contributed by atoms with Gasteiger partial charge in [-0.05, 0) is 43.3 Å². The first-order valence-corrected chi connectivity index (χ1v) is 12.4. The van der Waals surface area contributed by atoms with Gasteiger partial charge in [0.15, 0.2) is 11.2 Å². The highest BCUT2D eigenvalue weighted by molar-refractivity contribution is 7.61. The van der Waals surface area contributed by atoms with E-state index in [1.165, 1.54) is 12.1 Å². The molecule has 4 aromatic rings. The Kier molecular flexibility index (Phi) is 7.04. The Morgan fingerprint density at radius 2 is 1.85 bits per heavy atom. The Morgan fingerprint density at radius 1 is 1.15 bits per heavy atom. The Hall–Kier alpha value is -3.17. The number of hydrogen-bond acceptors (Lipinski definition) is 7. The SMILES string of the molecule is CCOP(=O)(O)c1ccc(-c2nc3nc(NC)[nH]c(=O)c3n2CCOc2ccc(Cl)cc2)cc1. The van der Waals surface area contributed by atoms with Crippen LogP contribution in [0.5, 0.6) is 5.75 Å². The maximum atomic E-state index is 12.8. The van der Waals surface area contributed by atoms with E-state index in [-0.39, 0.29) is 29.7 Å². The third-order valence-electron chi connectivity index (χ3n) is 5.00. The lowest BCUT2D eigenvalue weighted by Gasteiger charge is -2.13. The zero-order valence-electron chi connectivity index (χ0n) is 18.5. The number of aromatic nitrogens is 4. The van der Waals surface area contributed by atoms with Crippen LogP contribution >= 0.6 is 19.2 Å². The van der Waals surface area contributed by atoms with E-state index in [9.17, 15) is 14.3 Å². The second-order valence-corrected chi connectivity index (χ2v) is 9.46. The normalized spacial score (nSPS) is 13.1. The van der Waals surface area contributed by atoms with Gasteiger partial charge in [-0.2, -0.15) is 4.98 Å². The second kappa shape index (κ2) is 9.99. The Labute approximate surface area is 200 Å². The highest BCUT2D eigenvalue weighted by atomic mass is 35.5.